The maximum absolute atomic E-state index is 13.9. The Balaban J connectivity index is 1.16. The van der Waals surface area contributed by atoms with Gasteiger partial charge in [0.25, 0.3) is 0 Å². The van der Waals surface area contributed by atoms with E-state index >= 15 is 0 Å². The molecule has 3 aliphatic rings. The maximum Gasteiger partial charge on any atom is 0.408 e. The van der Waals surface area contributed by atoms with Gasteiger partial charge in [-0.3, -0.25) is 9.79 Å². The Labute approximate surface area is 250 Å². The zero-order valence-electron chi connectivity index (χ0n) is 24.9. The quantitative estimate of drug-likeness (QED) is 0.405. The number of rotatable bonds is 8. The third-order valence-electron chi connectivity index (χ3n) is 7.94. The molecule has 12 nitrogen and oxygen atoms in total. The smallest absolute Gasteiger partial charge is 0.408 e. The number of allylic oxidation sites excluding steroid dienone is 1. The highest BCUT2D eigenvalue weighted by atomic mass is 16.6. The molecule has 0 radical (unpaired) electrons. The van der Waals surface area contributed by atoms with Crippen LogP contribution < -0.4 is 15.0 Å². The van der Waals surface area contributed by atoms with Gasteiger partial charge in [0, 0.05) is 50.0 Å². The Bertz CT molecular complexity index is 1560. The molecular formula is C31H38N8O4. The average molecular weight is 587 g/mol. The number of nitrogens with one attached hydrogen (secondary N) is 2. The molecule has 2 N–H and O–H groups in total. The van der Waals surface area contributed by atoms with E-state index in [0.717, 1.165) is 54.2 Å². The minimum absolute atomic E-state index is 0.140. The van der Waals surface area contributed by atoms with Crippen LogP contribution in [0.25, 0.3) is 11.2 Å². The molecule has 0 aliphatic carbocycles. The van der Waals surface area contributed by atoms with Crippen LogP contribution in [0.3, 0.4) is 0 Å². The van der Waals surface area contributed by atoms with Crippen LogP contribution >= 0.6 is 0 Å². The van der Waals surface area contributed by atoms with Gasteiger partial charge in [-0.2, -0.15) is 0 Å². The predicted octanol–water partition coefficient (Wildman–Crippen LogP) is 3.93. The number of fused-ring (bicyclic) bond motifs is 2. The SMILES string of the molecule is CC(C)(C)OC(=O)N[C@H](CC1=CCC=N1)C(=O)N1CCc2cccc(OC[C@H]3CCCN3c3ncnc4nc[nH]c34)c2C1. The van der Waals surface area contributed by atoms with Crippen molar-refractivity contribution in [3.05, 3.63) is 53.8 Å². The van der Waals surface area contributed by atoms with Gasteiger partial charge in [-0.1, -0.05) is 18.2 Å². The molecule has 0 bridgehead atoms. The maximum atomic E-state index is 13.9. The van der Waals surface area contributed by atoms with Gasteiger partial charge in [-0.15, -0.1) is 0 Å². The summed E-state index contributed by atoms with van der Waals surface area (Å²) >= 11 is 0. The van der Waals surface area contributed by atoms with Gasteiger partial charge in [0.1, 0.15) is 35.8 Å². The number of ether oxygens (including phenoxy) is 2. The van der Waals surface area contributed by atoms with Gasteiger partial charge in [-0.25, -0.2) is 19.7 Å². The summed E-state index contributed by atoms with van der Waals surface area (Å²) in [6.07, 6.45) is 10.1. The van der Waals surface area contributed by atoms with Crippen LogP contribution in [0.5, 0.6) is 5.75 Å². The number of aliphatic imine (C=N–C) groups is 1. The van der Waals surface area contributed by atoms with Crippen LogP contribution in [0.1, 0.15) is 57.6 Å². The monoisotopic (exact) mass is 586 g/mol. The molecule has 0 spiro atoms. The number of aromatic amines is 1. The number of imidazole rings is 1. The summed E-state index contributed by atoms with van der Waals surface area (Å²) in [6, 6.07) is 5.43. The van der Waals surface area contributed by atoms with Crippen molar-refractivity contribution >= 4 is 35.2 Å². The second-order valence-electron chi connectivity index (χ2n) is 12.1. The van der Waals surface area contributed by atoms with Crippen molar-refractivity contribution in [3.63, 3.8) is 0 Å². The van der Waals surface area contributed by atoms with Gasteiger partial charge >= 0.3 is 6.09 Å². The molecule has 0 saturated carbocycles. The lowest BCUT2D eigenvalue weighted by Gasteiger charge is -2.33. The number of hydrogen-bond acceptors (Lipinski definition) is 9. The first-order chi connectivity index (χ1) is 20.7. The van der Waals surface area contributed by atoms with Crippen molar-refractivity contribution in [1.82, 2.24) is 30.2 Å². The van der Waals surface area contributed by atoms with Crippen LogP contribution in [0.2, 0.25) is 0 Å². The lowest BCUT2D eigenvalue weighted by molar-refractivity contribution is -0.134. The third kappa shape index (κ3) is 6.47. The number of H-pyrrole nitrogens is 1. The van der Waals surface area contributed by atoms with E-state index in [9.17, 15) is 9.59 Å². The first kappa shape index (κ1) is 28.6. The molecule has 2 amide bonds. The molecule has 226 valence electrons. The minimum Gasteiger partial charge on any atom is -0.491 e. The topological polar surface area (TPSA) is 138 Å². The normalized spacial score (nSPS) is 18.9. The average Bonchev–Trinajstić information content (AvgIpc) is 3.76. The Kier molecular flexibility index (Phi) is 8.00. The molecule has 2 atom stereocenters. The molecule has 0 unspecified atom stereocenters. The number of nitrogens with zero attached hydrogens (tertiary/aromatic N) is 6. The molecule has 43 heavy (non-hydrogen) atoms. The van der Waals surface area contributed by atoms with E-state index in [1.165, 1.54) is 5.56 Å². The van der Waals surface area contributed by atoms with Gasteiger partial charge in [0.05, 0.1) is 12.4 Å². The van der Waals surface area contributed by atoms with E-state index in [0.29, 0.717) is 38.2 Å². The van der Waals surface area contributed by atoms with E-state index in [-0.39, 0.29) is 11.9 Å². The van der Waals surface area contributed by atoms with Gasteiger partial charge in [0.15, 0.2) is 11.5 Å². The van der Waals surface area contributed by atoms with Gasteiger partial charge in [-0.05, 0) is 51.7 Å². The van der Waals surface area contributed by atoms with Crippen LogP contribution in [0, 0.1) is 0 Å². The summed E-state index contributed by atoms with van der Waals surface area (Å²) in [5.41, 5.74) is 3.75. The molecule has 1 saturated heterocycles. The summed E-state index contributed by atoms with van der Waals surface area (Å²) in [4.78, 5) is 51.2. The standard InChI is InChI=1S/C31H38N8O4/c1-31(2,3)43-30(41)37-24(15-21-8-5-12-32-21)29(40)38-14-11-20-7-4-10-25(23(20)16-38)42-17-22-9-6-13-39(22)28-26-27(34-18-33-26)35-19-36-28/h4,7-8,10,12,18-19,22,24H,5-6,9,11,13-17H2,1-3H3,(H,37,41)(H,33,34,35,36)/t22-,24-/m1/s1. The van der Waals surface area contributed by atoms with E-state index < -0.39 is 17.7 Å². The van der Waals surface area contributed by atoms with Gasteiger partial charge < -0.3 is 29.6 Å². The minimum atomic E-state index is -0.787. The van der Waals surface area contributed by atoms with Crippen LogP contribution in [0.15, 0.2) is 47.6 Å². The van der Waals surface area contributed by atoms with E-state index in [1.807, 2.05) is 18.2 Å². The number of hydrogen-bond donors (Lipinski definition) is 2. The van der Waals surface area contributed by atoms with Crippen molar-refractivity contribution in [2.24, 2.45) is 4.99 Å². The Hall–Kier alpha value is -4.48. The molecule has 12 heteroatoms. The zero-order valence-corrected chi connectivity index (χ0v) is 24.9. The number of alkyl carbamates (subject to hydrolysis) is 1. The second kappa shape index (κ2) is 12.0. The van der Waals surface area contributed by atoms with E-state index in [4.69, 9.17) is 9.47 Å². The summed E-state index contributed by atoms with van der Waals surface area (Å²) in [6.45, 7) is 7.70. The fraction of sp³-hybridized carbons (Fsp3) is 0.484. The first-order valence-electron chi connectivity index (χ1n) is 14.9. The van der Waals surface area contributed by atoms with Crippen molar-refractivity contribution in [2.75, 3.05) is 24.6 Å². The third-order valence-corrected chi connectivity index (χ3v) is 7.94. The van der Waals surface area contributed by atoms with E-state index in [2.05, 4.69) is 41.2 Å². The van der Waals surface area contributed by atoms with Crippen molar-refractivity contribution in [2.45, 2.75) is 77.1 Å². The lowest BCUT2D eigenvalue weighted by Crippen LogP contribution is -2.51. The Morgan fingerprint density at radius 3 is 2.88 bits per heavy atom. The molecular weight excluding hydrogens is 548 g/mol. The number of carbonyl (C=O) groups is 2. The lowest BCUT2D eigenvalue weighted by atomic mass is 9.97. The summed E-state index contributed by atoms with van der Waals surface area (Å²) in [5, 5.41) is 2.81. The molecule has 3 aromatic rings. The molecule has 6 rings (SSSR count). The molecule has 1 fully saturated rings. The van der Waals surface area contributed by atoms with E-state index in [1.54, 1.807) is 44.5 Å². The Morgan fingerprint density at radius 1 is 1.19 bits per heavy atom. The fourth-order valence-corrected chi connectivity index (χ4v) is 5.94. The summed E-state index contributed by atoms with van der Waals surface area (Å²) in [5.74, 6) is 1.45. The fourth-order valence-electron chi connectivity index (χ4n) is 5.94. The molecule has 5 heterocycles. The Morgan fingerprint density at radius 2 is 2.07 bits per heavy atom. The van der Waals surface area contributed by atoms with Crippen LogP contribution in [-0.2, 0) is 22.5 Å². The molecule has 2 aromatic heterocycles. The highest BCUT2D eigenvalue weighted by Crippen LogP contribution is 2.32. The number of carbonyl (C=O) groups excluding carboxylic acids is 2. The number of aromatic nitrogens is 4. The second-order valence-corrected chi connectivity index (χ2v) is 12.1. The largest absolute Gasteiger partial charge is 0.491 e. The highest BCUT2D eigenvalue weighted by Gasteiger charge is 2.33. The first-order valence-corrected chi connectivity index (χ1v) is 14.9. The van der Waals surface area contributed by atoms with Crippen LogP contribution in [-0.4, -0.2) is 80.4 Å². The van der Waals surface area contributed by atoms with Gasteiger partial charge in [0.2, 0.25) is 5.91 Å². The highest BCUT2D eigenvalue weighted by molar-refractivity contribution is 5.86. The zero-order chi connectivity index (χ0) is 30.0. The summed E-state index contributed by atoms with van der Waals surface area (Å²) in [7, 11) is 0. The number of anilines is 1. The predicted molar refractivity (Wildman–Crippen MR) is 162 cm³/mol. The van der Waals surface area contributed by atoms with Crippen LogP contribution in [0.4, 0.5) is 10.6 Å². The summed E-state index contributed by atoms with van der Waals surface area (Å²) < 4.78 is 12.0. The molecule has 3 aliphatic heterocycles. The van der Waals surface area contributed by atoms with Crippen molar-refractivity contribution < 1.29 is 19.1 Å². The number of amides is 2. The number of benzene rings is 1. The van der Waals surface area contributed by atoms with Crippen molar-refractivity contribution in [1.29, 1.82) is 0 Å². The molecule has 1 aromatic carbocycles. The van der Waals surface area contributed by atoms with Crippen molar-refractivity contribution in [3.8, 4) is 5.75 Å².